The number of rotatable bonds is 3. The smallest absolute Gasteiger partial charge is 0.182 e. The topological polar surface area (TPSA) is 82.3 Å². The number of nitrogens with zero attached hydrogens (tertiary/aromatic N) is 7. The third-order valence-corrected chi connectivity index (χ3v) is 5.31. The molecular weight excluding hydrogens is 405 g/mol. The minimum Gasteiger partial charge on any atom is -0.261 e. The minimum atomic E-state index is -0.362. The van der Waals surface area contributed by atoms with Crippen LogP contribution in [0.1, 0.15) is 22.6 Å². The Bertz CT molecular complexity index is 1490. The number of aromatic nitrogens is 7. The van der Waals surface area contributed by atoms with Gasteiger partial charge >= 0.3 is 0 Å². The molecule has 5 rings (SSSR count). The van der Waals surface area contributed by atoms with Gasteiger partial charge in [-0.15, -0.1) is 0 Å². The summed E-state index contributed by atoms with van der Waals surface area (Å²) in [5.74, 6) is 0.0426. The fraction of sp³-hybridized carbons (Fsp3) is 0.167. The molecule has 0 bridgehead atoms. The number of pyridine rings is 1. The number of fused-ring (bicyclic) bond motifs is 1. The van der Waals surface area contributed by atoms with Crippen molar-refractivity contribution in [3.8, 4) is 28.3 Å². The molecule has 0 spiro atoms. The highest BCUT2D eigenvalue weighted by Gasteiger charge is 2.18. The largest absolute Gasteiger partial charge is 0.261 e. The van der Waals surface area contributed by atoms with E-state index >= 15 is 0 Å². The third kappa shape index (κ3) is 3.49. The van der Waals surface area contributed by atoms with Gasteiger partial charge in [0.2, 0.25) is 0 Å². The van der Waals surface area contributed by atoms with E-state index in [2.05, 4.69) is 25.0 Å². The highest BCUT2D eigenvalue weighted by atomic mass is 19.1. The summed E-state index contributed by atoms with van der Waals surface area (Å²) in [4.78, 5) is 22.8. The van der Waals surface area contributed by atoms with E-state index in [0.29, 0.717) is 33.8 Å². The van der Waals surface area contributed by atoms with Crippen LogP contribution in [0.3, 0.4) is 0 Å². The Labute approximate surface area is 184 Å². The summed E-state index contributed by atoms with van der Waals surface area (Å²) in [5, 5.41) is 4.45. The summed E-state index contributed by atoms with van der Waals surface area (Å²) < 4.78 is 16.6. The van der Waals surface area contributed by atoms with Gasteiger partial charge in [-0.3, -0.25) is 4.98 Å². The predicted octanol–water partition coefficient (Wildman–Crippen LogP) is 4.71. The second kappa shape index (κ2) is 7.56. The lowest BCUT2D eigenvalue weighted by Gasteiger charge is -2.10. The van der Waals surface area contributed by atoms with E-state index in [0.717, 1.165) is 28.3 Å². The van der Waals surface area contributed by atoms with Crippen LogP contribution in [0.2, 0.25) is 0 Å². The Balaban J connectivity index is 1.72. The number of hydrogen-bond acceptors (Lipinski definition) is 6. The number of hydrogen-bond donors (Lipinski definition) is 0. The summed E-state index contributed by atoms with van der Waals surface area (Å²) in [6, 6.07) is 8.86. The SMILES string of the molecule is Cc1ccc(-c2nc(-c3cnn(-c4ccnc(C)c4)c3)nc3nc(C)c(C)nc23)c(F)c1. The molecule has 0 aliphatic rings. The van der Waals surface area contributed by atoms with E-state index in [4.69, 9.17) is 4.98 Å². The molecule has 0 aliphatic carbocycles. The fourth-order valence-electron chi connectivity index (χ4n) is 3.49. The second-order valence-electron chi connectivity index (χ2n) is 7.77. The first-order chi connectivity index (χ1) is 15.4. The van der Waals surface area contributed by atoms with Crippen molar-refractivity contribution in [3.63, 3.8) is 0 Å². The van der Waals surface area contributed by atoms with Gasteiger partial charge in [0.25, 0.3) is 0 Å². The van der Waals surface area contributed by atoms with E-state index in [-0.39, 0.29) is 5.82 Å². The van der Waals surface area contributed by atoms with Gasteiger partial charge in [0.1, 0.15) is 17.0 Å². The van der Waals surface area contributed by atoms with Crippen LogP contribution < -0.4 is 0 Å². The number of halogens is 1. The van der Waals surface area contributed by atoms with E-state index in [1.807, 2.05) is 52.1 Å². The lowest BCUT2D eigenvalue weighted by atomic mass is 10.1. The Morgan fingerprint density at radius 1 is 0.875 bits per heavy atom. The van der Waals surface area contributed by atoms with E-state index in [9.17, 15) is 4.39 Å². The lowest BCUT2D eigenvalue weighted by molar-refractivity contribution is 0.629. The average Bonchev–Trinajstić information content (AvgIpc) is 3.25. The van der Waals surface area contributed by atoms with Gasteiger partial charge in [-0.05, 0) is 57.5 Å². The zero-order valence-electron chi connectivity index (χ0n) is 18.1. The molecule has 4 heterocycles. The van der Waals surface area contributed by atoms with Crippen molar-refractivity contribution in [2.24, 2.45) is 0 Å². The summed E-state index contributed by atoms with van der Waals surface area (Å²) >= 11 is 0. The molecule has 0 radical (unpaired) electrons. The lowest BCUT2D eigenvalue weighted by Crippen LogP contribution is -2.02. The summed E-state index contributed by atoms with van der Waals surface area (Å²) in [6.07, 6.45) is 5.25. The molecule has 0 fully saturated rings. The Kier molecular flexibility index (Phi) is 4.70. The first kappa shape index (κ1) is 19.9. The first-order valence-corrected chi connectivity index (χ1v) is 10.2. The Morgan fingerprint density at radius 3 is 2.47 bits per heavy atom. The number of aryl methyl sites for hydroxylation is 4. The molecule has 0 amide bonds. The maximum Gasteiger partial charge on any atom is 0.182 e. The zero-order chi connectivity index (χ0) is 22.4. The van der Waals surface area contributed by atoms with Crippen molar-refractivity contribution in [2.45, 2.75) is 27.7 Å². The van der Waals surface area contributed by atoms with Crippen molar-refractivity contribution in [1.29, 1.82) is 0 Å². The van der Waals surface area contributed by atoms with Crippen LogP contribution in [0.5, 0.6) is 0 Å². The molecule has 0 saturated heterocycles. The molecule has 7 nitrogen and oxygen atoms in total. The summed E-state index contributed by atoms with van der Waals surface area (Å²) in [5.41, 5.74) is 6.46. The molecule has 0 N–H and O–H groups in total. The molecule has 0 unspecified atom stereocenters. The molecule has 5 aromatic rings. The van der Waals surface area contributed by atoms with Crippen LogP contribution in [0.15, 0.2) is 48.9 Å². The monoisotopic (exact) mass is 425 g/mol. The van der Waals surface area contributed by atoms with Gasteiger partial charge in [0.05, 0.1) is 28.8 Å². The summed E-state index contributed by atoms with van der Waals surface area (Å²) in [7, 11) is 0. The fourth-order valence-corrected chi connectivity index (χ4v) is 3.49. The Morgan fingerprint density at radius 2 is 1.69 bits per heavy atom. The maximum absolute atomic E-state index is 14.9. The van der Waals surface area contributed by atoms with Crippen LogP contribution in [0.25, 0.3) is 39.5 Å². The molecule has 4 aromatic heterocycles. The second-order valence-corrected chi connectivity index (χ2v) is 7.77. The van der Waals surface area contributed by atoms with Crippen LogP contribution in [-0.4, -0.2) is 34.7 Å². The zero-order valence-corrected chi connectivity index (χ0v) is 18.1. The molecule has 1 aromatic carbocycles. The summed E-state index contributed by atoms with van der Waals surface area (Å²) in [6.45, 7) is 7.51. The van der Waals surface area contributed by atoms with Gasteiger partial charge in [-0.1, -0.05) is 6.07 Å². The normalized spacial score (nSPS) is 11.3. The van der Waals surface area contributed by atoms with Gasteiger partial charge in [-0.25, -0.2) is 29.0 Å². The third-order valence-electron chi connectivity index (χ3n) is 5.31. The van der Waals surface area contributed by atoms with Crippen molar-refractivity contribution >= 4 is 11.2 Å². The van der Waals surface area contributed by atoms with Gasteiger partial charge in [0, 0.05) is 23.7 Å². The minimum absolute atomic E-state index is 0.360. The first-order valence-electron chi connectivity index (χ1n) is 10.2. The van der Waals surface area contributed by atoms with Crippen LogP contribution in [-0.2, 0) is 0 Å². The van der Waals surface area contributed by atoms with Crippen molar-refractivity contribution in [2.75, 3.05) is 0 Å². The highest BCUT2D eigenvalue weighted by Crippen LogP contribution is 2.30. The van der Waals surface area contributed by atoms with Crippen molar-refractivity contribution < 1.29 is 4.39 Å². The van der Waals surface area contributed by atoms with Crippen LogP contribution in [0.4, 0.5) is 4.39 Å². The molecule has 0 saturated carbocycles. The van der Waals surface area contributed by atoms with Crippen molar-refractivity contribution in [3.05, 3.63) is 77.4 Å². The van der Waals surface area contributed by atoms with Gasteiger partial charge in [-0.2, -0.15) is 5.10 Å². The number of benzene rings is 1. The van der Waals surface area contributed by atoms with Crippen LogP contribution in [0, 0.1) is 33.5 Å². The molecule has 32 heavy (non-hydrogen) atoms. The van der Waals surface area contributed by atoms with E-state index in [1.165, 1.54) is 6.07 Å². The highest BCUT2D eigenvalue weighted by molar-refractivity contribution is 5.88. The van der Waals surface area contributed by atoms with Crippen molar-refractivity contribution in [1.82, 2.24) is 34.7 Å². The average molecular weight is 425 g/mol. The molecule has 0 aliphatic heterocycles. The van der Waals surface area contributed by atoms with E-state index in [1.54, 1.807) is 23.1 Å². The quantitative estimate of drug-likeness (QED) is 0.416. The van der Waals surface area contributed by atoms with Gasteiger partial charge in [0.15, 0.2) is 11.5 Å². The predicted molar refractivity (Wildman–Crippen MR) is 120 cm³/mol. The van der Waals surface area contributed by atoms with Crippen LogP contribution >= 0.6 is 0 Å². The van der Waals surface area contributed by atoms with Gasteiger partial charge < -0.3 is 0 Å². The molecule has 158 valence electrons. The Hall–Kier alpha value is -4.07. The van der Waals surface area contributed by atoms with E-state index < -0.39 is 0 Å². The maximum atomic E-state index is 14.9. The molecule has 0 atom stereocenters. The standard InChI is InChI=1S/C24H20FN7/c1-13-5-6-19(20(25)9-13)21-22-24(29-16(4)15(3)28-22)31-23(30-21)17-11-27-32(12-17)18-7-8-26-14(2)10-18/h5-12H,1-4H3. The molecular formula is C24H20FN7. The molecule has 8 heteroatoms.